The van der Waals surface area contributed by atoms with Crippen molar-refractivity contribution in [2.75, 3.05) is 31.1 Å². The number of aromatic nitrogens is 2. The molecule has 0 aliphatic carbocycles. The van der Waals surface area contributed by atoms with Gasteiger partial charge < -0.3 is 15.0 Å². The maximum Gasteiger partial charge on any atom is 0.224 e. The van der Waals surface area contributed by atoms with Gasteiger partial charge >= 0.3 is 0 Å². The lowest BCUT2D eigenvalue weighted by molar-refractivity contribution is 0.459. The highest BCUT2D eigenvalue weighted by atomic mass is 16.5. The molecule has 3 rings (SSSR count). The summed E-state index contributed by atoms with van der Waals surface area (Å²) >= 11 is 0. The van der Waals surface area contributed by atoms with E-state index in [0.29, 0.717) is 5.88 Å². The molecule has 2 aromatic rings. The van der Waals surface area contributed by atoms with Gasteiger partial charge in [-0.15, -0.1) is 0 Å². The van der Waals surface area contributed by atoms with Gasteiger partial charge in [0, 0.05) is 32.2 Å². The third-order valence-corrected chi connectivity index (χ3v) is 3.21. The van der Waals surface area contributed by atoms with Gasteiger partial charge in [0.15, 0.2) is 0 Å². The third kappa shape index (κ3) is 3.05. The zero-order valence-electron chi connectivity index (χ0n) is 11.5. The van der Waals surface area contributed by atoms with Crippen LogP contribution in [0.5, 0.6) is 11.6 Å². The topological polar surface area (TPSA) is 50.3 Å². The van der Waals surface area contributed by atoms with Gasteiger partial charge in [0.05, 0.1) is 0 Å². The number of hydrogen-bond acceptors (Lipinski definition) is 5. The van der Waals surface area contributed by atoms with Crippen LogP contribution in [0.1, 0.15) is 5.82 Å². The molecule has 20 heavy (non-hydrogen) atoms. The Kier molecular flexibility index (Phi) is 3.78. The molecule has 5 heteroatoms. The third-order valence-electron chi connectivity index (χ3n) is 3.21. The first-order valence-electron chi connectivity index (χ1n) is 6.85. The molecule has 1 saturated heterocycles. The second kappa shape index (κ2) is 5.88. The van der Waals surface area contributed by atoms with Crippen LogP contribution in [0.25, 0.3) is 0 Å². The van der Waals surface area contributed by atoms with E-state index in [1.54, 1.807) is 0 Å². The van der Waals surface area contributed by atoms with Crippen molar-refractivity contribution in [1.29, 1.82) is 0 Å². The second-order valence-electron chi connectivity index (χ2n) is 4.76. The molecule has 0 unspecified atom stereocenters. The lowest BCUT2D eigenvalue weighted by Crippen LogP contribution is -2.44. The van der Waals surface area contributed by atoms with Crippen LogP contribution in [-0.4, -0.2) is 36.1 Å². The van der Waals surface area contributed by atoms with Gasteiger partial charge in [0.2, 0.25) is 5.88 Å². The number of benzene rings is 1. The lowest BCUT2D eigenvalue weighted by Gasteiger charge is -2.28. The van der Waals surface area contributed by atoms with Crippen LogP contribution >= 0.6 is 0 Å². The van der Waals surface area contributed by atoms with E-state index in [1.807, 2.05) is 43.3 Å². The lowest BCUT2D eigenvalue weighted by atomic mass is 10.3. The molecule has 1 fully saturated rings. The van der Waals surface area contributed by atoms with Gasteiger partial charge in [-0.1, -0.05) is 18.2 Å². The Labute approximate surface area is 118 Å². The molecule has 0 amide bonds. The summed E-state index contributed by atoms with van der Waals surface area (Å²) in [5.74, 6) is 3.05. The Morgan fingerprint density at radius 3 is 2.60 bits per heavy atom. The largest absolute Gasteiger partial charge is 0.439 e. The summed E-state index contributed by atoms with van der Waals surface area (Å²) in [6, 6.07) is 11.6. The van der Waals surface area contributed by atoms with Gasteiger partial charge in [-0.2, -0.15) is 4.98 Å². The predicted molar refractivity (Wildman–Crippen MR) is 78.4 cm³/mol. The van der Waals surface area contributed by atoms with Crippen molar-refractivity contribution in [2.45, 2.75) is 6.92 Å². The molecule has 0 bridgehead atoms. The van der Waals surface area contributed by atoms with Crippen LogP contribution in [0.2, 0.25) is 0 Å². The van der Waals surface area contributed by atoms with Gasteiger partial charge in [-0.3, -0.25) is 0 Å². The maximum atomic E-state index is 5.80. The van der Waals surface area contributed by atoms with E-state index >= 15 is 0 Å². The average Bonchev–Trinajstić information content (AvgIpc) is 2.49. The summed E-state index contributed by atoms with van der Waals surface area (Å²) in [6.45, 7) is 5.78. The van der Waals surface area contributed by atoms with E-state index in [-0.39, 0.29) is 0 Å². The van der Waals surface area contributed by atoms with Crippen LogP contribution in [-0.2, 0) is 0 Å². The van der Waals surface area contributed by atoms with Gasteiger partial charge in [-0.25, -0.2) is 4.98 Å². The smallest absolute Gasteiger partial charge is 0.224 e. The van der Waals surface area contributed by atoms with Crippen molar-refractivity contribution in [3.8, 4) is 11.6 Å². The Morgan fingerprint density at radius 1 is 1.10 bits per heavy atom. The molecule has 0 saturated carbocycles. The molecule has 1 aliphatic heterocycles. The molecule has 0 spiro atoms. The quantitative estimate of drug-likeness (QED) is 0.924. The van der Waals surface area contributed by atoms with Crippen molar-refractivity contribution >= 4 is 5.82 Å². The molecule has 1 aromatic carbocycles. The Morgan fingerprint density at radius 2 is 1.85 bits per heavy atom. The van der Waals surface area contributed by atoms with Crippen LogP contribution in [0.4, 0.5) is 5.82 Å². The normalized spacial score (nSPS) is 15.2. The first kappa shape index (κ1) is 12.9. The highest BCUT2D eigenvalue weighted by Gasteiger charge is 2.14. The number of ether oxygens (including phenoxy) is 1. The fourth-order valence-electron chi connectivity index (χ4n) is 2.24. The summed E-state index contributed by atoms with van der Waals surface area (Å²) in [7, 11) is 0. The number of para-hydroxylation sites is 1. The minimum absolute atomic E-state index is 0.595. The molecular formula is C15H18N4O. The summed E-state index contributed by atoms with van der Waals surface area (Å²) < 4.78 is 5.80. The van der Waals surface area contributed by atoms with E-state index in [4.69, 9.17) is 4.74 Å². The highest BCUT2D eigenvalue weighted by molar-refractivity contribution is 5.43. The molecule has 5 nitrogen and oxygen atoms in total. The summed E-state index contributed by atoms with van der Waals surface area (Å²) in [5, 5.41) is 3.34. The van der Waals surface area contributed by atoms with Crippen molar-refractivity contribution in [3.05, 3.63) is 42.2 Å². The maximum absolute atomic E-state index is 5.80. The second-order valence-corrected chi connectivity index (χ2v) is 4.76. The molecule has 1 aromatic heterocycles. The minimum Gasteiger partial charge on any atom is -0.439 e. The summed E-state index contributed by atoms with van der Waals surface area (Å²) in [5.41, 5.74) is 0. The first-order valence-corrected chi connectivity index (χ1v) is 6.85. The Bertz CT molecular complexity index is 567. The van der Waals surface area contributed by atoms with E-state index in [1.165, 1.54) is 0 Å². The van der Waals surface area contributed by atoms with E-state index < -0.39 is 0 Å². The van der Waals surface area contributed by atoms with Crippen LogP contribution in [0.15, 0.2) is 36.4 Å². The number of nitrogens with one attached hydrogen (secondary N) is 1. The minimum atomic E-state index is 0.595. The van der Waals surface area contributed by atoms with Crippen LogP contribution in [0.3, 0.4) is 0 Å². The van der Waals surface area contributed by atoms with Crippen LogP contribution < -0.4 is 15.0 Å². The van der Waals surface area contributed by atoms with Crippen molar-refractivity contribution in [2.24, 2.45) is 0 Å². The molecule has 2 heterocycles. The number of aryl methyl sites for hydroxylation is 1. The molecule has 104 valence electrons. The van der Waals surface area contributed by atoms with E-state index in [2.05, 4.69) is 20.2 Å². The Hall–Kier alpha value is -2.14. The zero-order chi connectivity index (χ0) is 13.8. The molecule has 1 aliphatic rings. The van der Waals surface area contributed by atoms with Crippen molar-refractivity contribution in [1.82, 2.24) is 15.3 Å². The monoisotopic (exact) mass is 270 g/mol. The van der Waals surface area contributed by atoms with Gasteiger partial charge in [-0.05, 0) is 19.1 Å². The SMILES string of the molecule is Cc1nc(Oc2ccccc2)cc(N2CCNCC2)n1. The standard InChI is InChI=1S/C15H18N4O/c1-12-17-14(19-9-7-16-8-10-19)11-15(18-12)20-13-5-3-2-4-6-13/h2-6,11,16H,7-10H2,1H3. The summed E-state index contributed by atoms with van der Waals surface area (Å²) in [6.07, 6.45) is 0. The molecule has 0 atom stereocenters. The van der Waals surface area contributed by atoms with Gasteiger partial charge in [0.1, 0.15) is 17.4 Å². The number of rotatable bonds is 3. The molecular weight excluding hydrogens is 252 g/mol. The highest BCUT2D eigenvalue weighted by Crippen LogP contribution is 2.23. The van der Waals surface area contributed by atoms with E-state index in [0.717, 1.165) is 43.6 Å². The zero-order valence-corrected chi connectivity index (χ0v) is 11.5. The van der Waals surface area contributed by atoms with Crippen LogP contribution in [0, 0.1) is 6.92 Å². The van der Waals surface area contributed by atoms with E-state index in [9.17, 15) is 0 Å². The number of anilines is 1. The Balaban J connectivity index is 1.82. The number of hydrogen-bond donors (Lipinski definition) is 1. The summed E-state index contributed by atoms with van der Waals surface area (Å²) in [4.78, 5) is 11.1. The number of nitrogens with zero attached hydrogens (tertiary/aromatic N) is 3. The fourth-order valence-corrected chi connectivity index (χ4v) is 2.24. The van der Waals surface area contributed by atoms with Gasteiger partial charge in [0.25, 0.3) is 0 Å². The van der Waals surface area contributed by atoms with Crippen molar-refractivity contribution in [3.63, 3.8) is 0 Å². The first-order chi connectivity index (χ1) is 9.81. The average molecular weight is 270 g/mol. The fraction of sp³-hybridized carbons (Fsp3) is 0.333. The number of piperazine rings is 1. The predicted octanol–water partition coefficient (Wildman–Crippen LogP) is 1.99. The molecule has 1 N–H and O–H groups in total. The molecule has 0 radical (unpaired) electrons. The van der Waals surface area contributed by atoms with Crippen molar-refractivity contribution < 1.29 is 4.74 Å².